The minimum atomic E-state index is 0.292. The van der Waals surface area contributed by atoms with Crippen LogP contribution >= 0.6 is 22.7 Å². The summed E-state index contributed by atoms with van der Waals surface area (Å²) in [5.74, 6) is 1.23. The van der Waals surface area contributed by atoms with E-state index in [1.165, 1.54) is 46.5 Å². The van der Waals surface area contributed by atoms with Gasteiger partial charge in [-0.2, -0.15) is 0 Å². The molecule has 0 aliphatic carbocycles. The number of rotatable bonds is 21. The molecule has 0 N–H and O–H groups in total. The summed E-state index contributed by atoms with van der Waals surface area (Å²) in [7, 11) is 0. The molecule has 0 radical (unpaired) electrons. The first-order chi connectivity index (χ1) is 37.8. The molecule has 1 aliphatic heterocycles. The predicted molar refractivity (Wildman–Crippen MR) is 296 cm³/mol. The number of aromatic nitrogens is 6. The first-order valence-electron chi connectivity index (χ1n) is 24.5. The number of thiophene rings is 2. The fraction of sp³-hybridized carbons (Fsp3) is 0.172. The van der Waals surface area contributed by atoms with Gasteiger partial charge in [0.15, 0.2) is 0 Å². The Morgan fingerprint density at radius 1 is 0.519 bits per heavy atom. The topological polar surface area (TPSA) is 198 Å². The molecule has 388 valence electrons. The molecule has 0 bridgehead atoms. The number of hydrogen-bond acceptors (Lipinski definition) is 19. The number of nitrogens with zero attached hydrogens (tertiary/aromatic N) is 8. The lowest BCUT2D eigenvalue weighted by atomic mass is 10.1. The van der Waals surface area contributed by atoms with Crippen LogP contribution in [0, 0.1) is 6.92 Å². The molecule has 9 aromatic rings. The Kier molecular flexibility index (Phi) is 17.8. The van der Waals surface area contributed by atoms with Gasteiger partial charge in [0.1, 0.15) is 23.0 Å². The van der Waals surface area contributed by atoms with E-state index >= 15 is 0 Å². The maximum absolute atomic E-state index is 11.2. The average molecular weight is 1070 g/mol. The Labute approximate surface area is 451 Å². The summed E-state index contributed by atoms with van der Waals surface area (Å²) in [5, 5.41) is 2.38. The summed E-state index contributed by atoms with van der Waals surface area (Å²) >= 11 is 3.44. The van der Waals surface area contributed by atoms with Crippen molar-refractivity contribution in [1.29, 1.82) is 0 Å². The molecule has 8 aromatic heterocycles. The van der Waals surface area contributed by atoms with E-state index in [0.29, 0.717) is 94.4 Å². The molecule has 0 unspecified atom stereocenters. The third kappa shape index (κ3) is 13.6. The number of anilines is 3. The van der Waals surface area contributed by atoms with Crippen LogP contribution in [0.15, 0.2) is 146 Å². The molecule has 10 rings (SSSR count). The standard InChI is InChI=1S/C33H30N4O4S.C25H20N4O5S/c1-3-4-5-16-37(25-8-6-23(2)7-9-25)33-11-10-32(42-33)24-12-14-34-28(17-24)30-19-27(41-22-39)20-31(36-30)29-18-26(40-21-38)13-15-35-29;30-15-33-18-4-6-27-21(12-18)23-14-19(34-16-31)13-22(28-23)20-11-17(3-5-26-20)24-1-2-25(35-24)29-7-9-32-10-8-29/h6-15,17-22H,3-5,16H2,1-2H3;1-6,11-16H,7-10H2. The molecular formula is C58H50N8O9S2. The molecule has 1 saturated heterocycles. The van der Waals surface area contributed by atoms with Crippen LogP contribution in [0.3, 0.4) is 0 Å². The Balaban J connectivity index is 0.000000191. The van der Waals surface area contributed by atoms with Crippen LogP contribution in [-0.2, 0) is 23.9 Å². The van der Waals surface area contributed by atoms with E-state index in [1.807, 2.05) is 24.3 Å². The molecule has 17 nitrogen and oxygen atoms in total. The van der Waals surface area contributed by atoms with Crippen molar-refractivity contribution in [3.05, 3.63) is 152 Å². The SMILES string of the molecule is CCCCCN(c1ccc(C)cc1)c1ccc(-c2ccnc(-c3cc(OC=O)cc(-c4cc(OC=O)ccn4)n3)c2)s1.O=COc1ccnc(-c2cc(OC=O)cc(-c3cc(-c4ccc(N5CCOCC5)s4)ccn3)n2)c1. The van der Waals surface area contributed by atoms with Crippen LogP contribution in [-0.4, -0.2) is 88.6 Å². The number of carbonyl (C=O) groups is 4. The van der Waals surface area contributed by atoms with Crippen molar-refractivity contribution < 1.29 is 42.9 Å². The van der Waals surface area contributed by atoms with Crippen LogP contribution in [0.2, 0.25) is 0 Å². The number of aryl methyl sites for hydroxylation is 1. The van der Waals surface area contributed by atoms with Crippen molar-refractivity contribution in [3.8, 4) is 89.4 Å². The zero-order valence-electron chi connectivity index (χ0n) is 41.9. The quantitative estimate of drug-likeness (QED) is 0.0486. The van der Waals surface area contributed by atoms with E-state index < -0.39 is 0 Å². The van der Waals surface area contributed by atoms with Gasteiger partial charge < -0.3 is 33.5 Å². The Morgan fingerprint density at radius 3 is 1.48 bits per heavy atom. The highest BCUT2D eigenvalue weighted by Crippen LogP contribution is 2.40. The summed E-state index contributed by atoms with van der Waals surface area (Å²) in [6.07, 6.45) is 9.95. The van der Waals surface area contributed by atoms with Gasteiger partial charge in [-0.05, 0) is 97.3 Å². The van der Waals surface area contributed by atoms with E-state index in [9.17, 15) is 19.2 Å². The predicted octanol–water partition coefficient (Wildman–Crippen LogP) is 11.5. The first kappa shape index (κ1) is 52.8. The molecule has 0 saturated carbocycles. The zero-order chi connectivity index (χ0) is 53.3. The third-order valence-electron chi connectivity index (χ3n) is 12.0. The van der Waals surface area contributed by atoms with Gasteiger partial charge in [-0.15, -0.1) is 22.7 Å². The first-order valence-corrected chi connectivity index (χ1v) is 26.1. The monoisotopic (exact) mass is 1070 g/mol. The van der Waals surface area contributed by atoms with Gasteiger partial charge in [-0.3, -0.25) is 39.1 Å². The smallest absolute Gasteiger partial charge is 0.298 e. The van der Waals surface area contributed by atoms with Crippen LogP contribution in [0.25, 0.3) is 66.4 Å². The van der Waals surface area contributed by atoms with E-state index in [2.05, 4.69) is 97.1 Å². The molecule has 0 atom stereocenters. The van der Waals surface area contributed by atoms with Crippen LogP contribution < -0.4 is 28.7 Å². The van der Waals surface area contributed by atoms with Crippen molar-refractivity contribution >= 4 is 64.3 Å². The average Bonchev–Trinajstić information content (AvgIpc) is 4.20. The number of morpholine rings is 1. The lowest BCUT2D eigenvalue weighted by molar-refractivity contribution is -0.121. The summed E-state index contributed by atoms with van der Waals surface area (Å²) in [6, 6.07) is 37.8. The highest BCUT2D eigenvalue weighted by Gasteiger charge is 2.18. The zero-order valence-corrected chi connectivity index (χ0v) is 43.5. The van der Waals surface area contributed by atoms with Crippen LogP contribution in [0.1, 0.15) is 31.7 Å². The van der Waals surface area contributed by atoms with Gasteiger partial charge in [0.25, 0.3) is 25.9 Å². The van der Waals surface area contributed by atoms with Gasteiger partial charge in [0, 0.05) is 96.3 Å². The van der Waals surface area contributed by atoms with Crippen molar-refractivity contribution in [2.24, 2.45) is 0 Å². The number of benzene rings is 1. The maximum Gasteiger partial charge on any atom is 0.298 e. The van der Waals surface area contributed by atoms with Crippen molar-refractivity contribution in [1.82, 2.24) is 29.9 Å². The van der Waals surface area contributed by atoms with Crippen molar-refractivity contribution in [2.75, 3.05) is 42.6 Å². The van der Waals surface area contributed by atoms with E-state index in [1.54, 1.807) is 83.6 Å². The summed E-state index contributed by atoms with van der Waals surface area (Å²) in [5.41, 5.74) is 8.43. The lowest BCUT2D eigenvalue weighted by Crippen LogP contribution is -2.35. The van der Waals surface area contributed by atoms with Gasteiger partial charge in [0.05, 0.1) is 68.8 Å². The number of ether oxygens (including phenoxy) is 5. The van der Waals surface area contributed by atoms with Gasteiger partial charge >= 0.3 is 0 Å². The molecule has 9 heterocycles. The largest absolute Gasteiger partial charge is 0.429 e. The van der Waals surface area contributed by atoms with Gasteiger partial charge in [-0.25, -0.2) is 9.97 Å². The molecule has 77 heavy (non-hydrogen) atoms. The van der Waals surface area contributed by atoms with E-state index in [-0.39, 0.29) is 0 Å². The van der Waals surface area contributed by atoms with Crippen LogP contribution in [0.5, 0.6) is 23.0 Å². The van der Waals surface area contributed by atoms with Crippen molar-refractivity contribution in [3.63, 3.8) is 0 Å². The normalized spacial score (nSPS) is 11.9. The Bertz CT molecular complexity index is 3480. The maximum atomic E-state index is 11.2. The molecule has 0 spiro atoms. The Hall–Kier alpha value is -9.04. The summed E-state index contributed by atoms with van der Waals surface area (Å²) < 4.78 is 25.6. The number of unbranched alkanes of at least 4 members (excludes halogenated alkanes) is 2. The highest BCUT2D eigenvalue weighted by atomic mass is 32.1. The number of pyridine rings is 6. The van der Waals surface area contributed by atoms with Gasteiger partial charge in [-0.1, -0.05) is 37.5 Å². The molecule has 1 fully saturated rings. The molecule has 1 aromatic carbocycles. The minimum absolute atomic E-state index is 0.292. The minimum Gasteiger partial charge on any atom is -0.429 e. The Morgan fingerprint density at radius 2 is 0.974 bits per heavy atom. The summed E-state index contributed by atoms with van der Waals surface area (Å²) in [4.78, 5) is 77.8. The second-order valence-corrected chi connectivity index (χ2v) is 19.3. The van der Waals surface area contributed by atoms with Crippen LogP contribution in [0.4, 0.5) is 15.7 Å². The summed E-state index contributed by atoms with van der Waals surface area (Å²) in [6.45, 7) is 9.90. The number of hydrogen-bond donors (Lipinski definition) is 0. The van der Waals surface area contributed by atoms with Crippen molar-refractivity contribution in [2.45, 2.75) is 33.1 Å². The number of carbonyl (C=O) groups excluding carboxylic acids is 4. The highest BCUT2D eigenvalue weighted by molar-refractivity contribution is 7.19. The lowest BCUT2D eigenvalue weighted by Gasteiger charge is -2.27. The molecular weight excluding hydrogens is 1020 g/mol. The molecule has 19 heteroatoms. The fourth-order valence-corrected chi connectivity index (χ4v) is 10.4. The van der Waals surface area contributed by atoms with E-state index in [4.69, 9.17) is 28.7 Å². The fourth-order valence-electron chi connectivity index (χ4n) is 8.27. The van der Waals surface area contributed by atoms with Gasteiger partial charge in [0.2, 0.25) is 0 Å². The molecule has 1 aliphatic rings. The second kappa shape index (κ2) is 25.9. The second-order valence-electron chi connectivity index (χ2n) is 17.2. The van der Waals surface area contributed by atoms with E-state index in [0.717, 1.165) is 60.2 Å². The third-order valence-corrected chi connectivity index (χ3v) is 14.4. The molecule has 0 amide bonds.